The first-order valence-electron chi connectivity index (χ1n) is 25.6. The van der Waals surface area contributed by atoms with E-state index in [-0.39, 0.29) is 54.8 Å². The summed E-state index contributed by atoms with van der Waals surface area (Å²) in [5.74, 6) is -8.16. The summed E-state index contributed by atoms with van der Waals surface area (Å²) in [4.78, 5) is 72.1. The quantitative estimate of drug-likeness (QED) is 0.0916. The Kier molecular flexibility index (Phi) is 23.6. The number of carbonyl (C=O) groups excluding carboxylic acids is 5. The van der Waals surface area contributed by atoms with Gasteiger partial charge in [0, 0.05) is 58.0 Å². The predicted molar refractivity (Wildman–Crippen MR) is 261 cm³/mol. The minimum atomic E-state index is -2.44. The molecule has 4 aliphatic rings. The lowest BCUT2D eigenvalue weighted by Gasteiger charge is -2.42. The molecule has 15 heteroatoms. The average Bonchev–Trinajstić information content (AvgIpc) is 3.32. The van der Waals surface area contributed by atoms with Crippen molar-refractivity contribution < 1.29 is 67.7 Å². The first kappa shape index (κ1) is 58.2. The van der Waals surface area contributed by atoms with Crippen LogP contribution in [0, 0.1) is 35.5 Å². The molecule has 3 aliphatic heterocycles. The van der Waals surface area contributed by atoms with Crippen molar-refractivity contribution in [1.29, 1.82) is 0 Å². The number of hydrogen-bond donors (Lipinski definition) is 3. The van der Waals surface area contributed by atoms with Gasteiger partial charge in [-0.25, -0.2) is 4.79 Å². The molecule has 4 rings (SSSR count). The number of aliphatic hydroxyl groups is 3. The number of piperidine rings is 1. The summed E-state index contributed by atoms with van der Waals surface area (Å²) in [6.07, 6.45) is 10.9. The molecule has 1 unspecified atom stereocenters. The Morgan fingerprint density at radius 2 is 1.61 bits per heavy atom. The summed E-state index contributed by atoms with van der Waals surface area (Å²) in [7, 11) is 2.95. The van der Waals surface area contributed by atoms with Crippen molar-refractivity contribution >= 4 is 29.2 Å². The Balaban J connectivity index is 1.67. The standard InChI is InChI=1S/C54H85NO14/c1-11-66-25-26-67-45-23-21-40(30-44(45)57)29-36(5)47-32-43(56)35(4)28-38(7)49(59)50(65-10)48(58)37(6)27-33(2)17-13-12-14-18-34(3)46(64-9)31-41-22-20-39(8)54(63,69-41)51(60)52(61)55-24-16-15-19-42(55)53(62)68-47/h12-14,17-18,28,33,35-37,39-42,44-47,49-50,57,59,63H,11,15-16,19-27,29-32H2,1-10H3/b14-12+,17-13+,34-18+,38-28+/t33-,35-,36-,37-,39-,40+,41+,42+,44?,45-,46+,47+,49-,50+,54-/m1/s1. The average molecular weight is 972 g/mol. The molecule has 0 aromatic rings. The van der Waals surface area contributed by atoms with Crippen LogP contribution in [0.5, 0.6) is 0 Å². The van der Waals surface area contributed by atoms with E-state index in [9.17, 15) is 39.3 Å². The van der Waals surface area contributed by atoms with Crippen LogP contribution in [0.2, 0.25) is 0 Å². The number of ketones is 3. The summed E-state index contributed by atoms with van der Waals surface area (Å²) >= 11 is 0. The maximum atomic E-state index is 14.4. The van der Waals surface area contributed by atoms with Crippen molar-refractivity contribution in [3.8, 4) is 0 Å². The number of amides is 1. The predicted octanol–water partition coefficient (Wildman–Crippen LogP) is 6.59. The van der Waals surface area contributed by atoms with Crippen LogP contribution in [-0.2, 0) is 52.4 Å². The van der Waals surface area contributed by atoms with Crippen LogP contribution in [0.1, 0.15) is 132 Å². The van der Waals surface area contributed by atoms with E-state index in [4.69, 9.17) is 28.4 Å². The molecule has 2 bridgehead atoms. The molecular formula is C54H85NO14. The van der Waals surface area contributed by atoms with Crippen LogP contribution in [0.3, 0.4) is 0 Å². The Morgan fingerprint density at radius 1 is 0.870 bits per heavy atom. The molecule has 2 saturated heterocycles. The van der Waals surface area contributed by atoms with Crippen molar-refractivity contribution in [3.63, 3.8) is 0 Å². The number of cyclic esters (lactones) is 1. The van der Waals surface area contributed by atoms with Crippen molar-refractivity contribution in [3.05, 3.63) is 47.6 Å². The zero-order valence-corrected chi connectivity index (χ0v) is 43.1. The van der Waals surface area contributed by atoms with Gasteiger partial charge in [-0.3, -0.25) is 19.2 Å². The maximum absolute atomic E-state index is 14.4. The molecule has 0 spiro atoms. The second kappa shape index (κ2) is 28.0. The van der Waals surface area contributed by atoms with E-state index in [0.29, 0.717) is 83.2 Å². The maximum Gasteiger partial charge on any atom is 0.329 e. The van der Waals surface area contributed by atoms with Crippen LogP contribution in [0.4, 0.5) is 0 Å². The lowest BCUT2D eigenvalue weighted by atomic mass is 9.78. The number of carbonyl (C=O) groups is 5. The molecular weight excluding hydrogens is 887 g/mol. The molecule has 0 aromatic carbocycles. The number of methoxy groups -OCH3 is 2. The molecule has 3 N–H and O–H groups in total. The molecule has 69 heavy (non-hydrogen) atoms. The Hall–Kier alpha value is -3.41. The monoisotopic (exact) mass is 972 g/mol. The van der Waals surface area contributed by atoms with Crippen LogP contribution in [0.15, 0.2) is 47.6 Å². The number of Topliss-reactive ketones (excluding diaryl/α,β-unsaturated/α-hetero) is 3. The lowest BCUT2D eigenvalue weighted by Crippen LogP contribution is -2.61. The number of ether oxygens (including phenoxy) is 6. The first-order chi connectivity index (χ1) is 32.7. The number of rotatable bonds is 10. The van der Waals surface area contributed by atoms with Gasteiger partial charge < -0.3 is 48.6 Å². The van der Waals surface area contributed by atoms with E-state index < -0.39 is 83.9 Å². The molecule has 3 fully saturated rings. The topological polar surface area (TPSA) is 205 Å². The van der Waals surface area contributed by atoms with Crippen LogP contribution >= 0.6 is 0 Å². The highest BCUT2D eigenvalue weighted by atomic mass is 16.6. The Labute approximate surface area is 411 Å². The molecule has 15 nitrogen and oxygen atoms in total. The molecule has 390 valence electrons. The van der Waals surface area contributed by atoms with Gasteiger partial charge in [0.1, 0.15) is 30.1 Å². The minimum absolute atomic E-state index is 0.0136. The van der Waals surface area contributed by atoms with Gasteiger partial charge in [0.05, 0.1) is 37.6 Å². The molecule has 1 saturated carbocycles. The van der Waals surface area contributed by atoms with E-state index in [2.05, 4.69) is 0 Å². The number of esters is 1. The third-order valence-electron chi connectivity index (χ3n) is 14.9. The van der Waals surface area contributed by atoms with E-state index in [1.165, 1.54) is 12.0 Å². The highest BCUT2D eigenvalue weighted by Crippen LogP contribution is 2.38. The number of hydrogen-bond acceptors (Lipinski definition) is 14. The minimum Gasteiger partial charge on any atom is -0.460 e. The Morgan fingerprint density at radius 3 is 2.29 bits per heavy atom. The number of nitrogens with zero attached hydrogens (tertiary/aromatic N) is 1. The van der Waals surface area contributed by atoms with Gasteiger partial charge in [0.25, 0.3) is 11.7 Å². The van der Waals surface area contributed by atoms with Gasteiger partial charge in [0.2, 0.25) is 5.79 Å². The van der Waals surface area contributed by atoms with Gasteiger partial charge in [-0.05, 0) is 114 Å². The highest BCUT2D eigenvalue weighted by Gasteiger charge is 2.53. The summed E-state index contributed by atoms with van der Waals surface area (Å²) < 4.78 is 35.2. The number of aliphatic hydroxyl groups excluding tert-OH is 2. The lowest BCUT2D eigenvalue weighted by molar-refractivity contribution is -0.265. The van der Waals surface area contributed by atoms with Gasteiger partial charge >= 0.3 is 5.97 Å². The highest BCUT2D eigenvalue weighted by molar-refractivity contribution is 6.39. The summed E-state index contributed by atoms with van der Waals surface area (Å²) in [6.45, 7) is 16.0. The van der Waals surface area contributed by atoms with Crippen molar-refractivity contribution in [2.45, 2.75) is 187 Å². The zero-order valence-electron chi connectivity index (χ0n) is 43.1. The van der Waals surface area contributed by atoms with E-state index in [0.717, 1.165) is 12.0 Å². The third kappa shape index (κ3) is 16.3. The molecule has 1 aliphatic carbocycles. The van der Waals surface area contributed by atoms with Crippen LogP contribution in [-0.4, -0.2) is 145 Å². The first-order valence-corrected chi connectivity index (χ1v) is 25.6. The largest absolute Gasteiger partial charge is 0.460 e. The second-order valence-corrected chi connectivity index (χ2v) is 20.4. The van der Waals surface area contributed by atoms with Gasteiger partial charge in [-0.2, -0.15) is 0 Å². The normalized spacial score (nSPS) is 38.8. The number of allylic oxidation sites excluding steroid dienone is 6. The third-order valence-corrected chi connectivity index (χ3v) is 14.9. The summed E-state index contributed by atoms with van der Waals surface area (Å²) in [5, 5.41) is 34.5. The van der Waals surface area contributed by atoms with Crippen molar-refractivity contribution in [2.24, 2.45) is 35.5 Å². The van der Waals surface area contributed by atoms with Gasteiger partial charge in [-0.1, -0.05) is 71.1 Å². The van der Waals surface area contributed by atoms with Crippen molar-refractivity contribution in [2.75, 3.05) is 40.6 Å². The molecule has 1 amide bonds. The van der Waals surface area contributed by atoms with Crippen LogP contribution in [0.25, 0.3) is 0 Å². The fraction of sp³-hybridized carbons (Fsp3) is 0.759. The summed E-state index contributed by atoms with van der Waals surface area (Å²) in [6, 6.07) is -1.16. The fourth-order valence-corrected chi connectivity index (χ4v) is 10.5. The van der Waals surface area contributed by atoms with Crippen molar-refractivity contribution in [1.82, 2.24) is 4.90 Å². The molecule has 0 radical (unpaired) electrons. The molecule has 3 heterocycles. The van der Waals surface area contributed by atoms with Gasteiger partial charge in [-0.15, -0.1) is 0 Å². The van der Waals surface area contributed by atoms with Gasteiger partial charge in [0.15, 0.2) is 5.78 Å². The van der Waals surface area contributed by atoms with E-state index in [1.807, 2.05) is 65.0 Å². The molecule has 15 atom stereocenters. The number of fused-ring (bicyclic) bond motifs is 3. The zero-order chi connectivity index (χ0) is 51.0. The fourth-order valence-electron chi connectivity index (χ4n) is 10.5. The summed E-state index contributed by atoms with van der Waals surface area (Å²) in [5.41, 5.74) is 1.26. The molecule has 0 aromatic heterocycles. The van der Waals surface area contributed by atoms with E-state index in [1.54, 1.807) is 34.0 Å². The van der Waals surface area contributed by atoms with Crippen LogP contribution < -0.4 is 0 Å². The smallest absolute Gasteiger partial charge is 0.329 e. The SMILES string of the molecule is CCOCCO[C@@H]1CC[C@@H](C[C@@H](C)[C@@H]2CC(=O)[C@H](C)/C=C(\C)[C@@H](O)[C@@H](OC)C(=O)[C@H](C)C[C@H](C)/C=C/C=C/C=C(\C)[C@@H](OC)C[C@@H]3CC[C@@H](C)[C@@](O)(O3)C(=O)C(=O)N3CCCC[C@H]3C(=O)O2)CC1O. The Bertz CT molecular complexity index is 1830. The second-order valence-electron chi connectivity index (χ2n) is 20.4. The van der Waals surface area contributed by atoms with E-state index >= 15 is 0 Å².